The predicted molar refractivity (Wildman–Crippen MR) is 124 cm³/mol. The molecule has 0 radical (unpaired) electrons. The molecule has 1 N–H and O–H groups in total. The molecular weight excluding hydrogens is 376 g/mol. The Labute approximate surface area is 182 Å². The molecule has 168 valence electrons. The molecule has 1 unspecified atom stereocenters. The number of rotatable bonds is 9. The van der Waals surface area contributed by atoms with Gasteiger partial charge < -0.3 is 15.1 Å². The van der Waals surface area contributed by atoms with Gasteiger partial charge >= 0.3 is 6.03 Å². The largest absolute Gasteiger partial charge is 0.340 e. The van der Waals surface area contributed by atoms with Gasteiger partial charge in [0, 0.05) is 31.9 Å². The second-order valence-electron chi connectivity index (χ2n) is 8.53. The number of urea groups is 1. The normalized spacial score (nSPS) is 15.8. The van der Waals surface area contributed by atoms with Gasteiger partial charge in [0.2, 0.25) is 5.91 Å². The van der Waals surface area contributed by atoms with Gasteiger partial charge in [-0.1, -0.05) is 45.7 Å². The van der Waals surface area contributed by atoms with Gasteiger partial charge in [-0.25, -0.2) is 4.79 Å². The van der Waals surface area contributed by atoms with Gasteiger partial charge in [-0.2, -0.15) is 0 Å². The van der Waals surface area contributed by atoms with Crippen LogP contribution in [0.15, 0.2) is 24.3 Å². The van der Waals surface area contributed by atoms with E-state index in [1.54, 1.807) is 0 Å². The van der Waals surface area contributed by atoms with Crippen molar-refractivity contribution in [1.29, 1.82) is 0 Å². The molecule has 6 heteroatoms. The van der Waals surface area contributed by atoms with Crippen molar-refractivity contribution in [2.75, 3.05) is 51.6 Å². The second-order valence-corrected chi connectivity index (χ2v) is 8.53. The highest BCUT2D eigenvalue weighted by atomic mass is 16.2. The number of amides is 3. The van der Waals surface area contributed by atoms with Crippen molar-refractivity contribution in [2.24, 2.45) is 0 Å². The van der Waals surface area contributed by atoms with E-state index in [1.807, 2.05) is 29.0 Å². The lowest BCUT2D eigenvalue weighted by Crippen LogP contribution is -2.42. The molecule has 6 nitrogen and oxygen atoms in total. The molecule has 0 spiro atoms. The maximum absolute atomic E-state index is 12.7. The van der Waals surface area contributed by atoms with E-state index in [2.05, 4.69) is 43.1 Å². The van der Waals surface area contributed by atoms with Crippen LogP contribution in [0.25, 0.3) is 0 Å². The van der Waals surface area contributed by atoms with Crippen molar-refractivity contribution in [3.05, 3.63) is 29.8 Å². The summed E-state index contributed by atoms with van der Waals surface area (Å²) in [5, 5.41) is 3.00. The van der Waals surface area contributed by atoms with Crippen LogP contribution in [0.2, 0.25) is 0 Å². The Morgan fingerprint density at radius 3 is 2.37 bits per heavy atom. The molecule has 1 aromatic carbocycles. The van der Waals surface area contributed by atoms with Crippen molar-refractivity contribution in [3.8, 4) is 0 Å². The van der Waals surface area contributed by atoms with E-state index in [-0.39, 0.29) is 11.9 Å². The number of likely N-dealkylation sites (N-methyl/N-ethyl adjacent to an activating group) is 1. The molecule has 1 heterocycles. The summed E-state index contributed by atoms with van der Waals surface area (Å²) >= 11 is 0. The molecule has 0 bridgehead atoms. The summed E-state index contributed by atoms with van der Waals surface area (Å²) in [5.41, 5.74) is 2.11. The molecule has 1 aliphatic rings. The van der Waals surface area contributed by atoms with E-state index >= 15 is 0 Å². The van der Waals surface area contributed by atoms with Crippen molar-refractivity contribution in [1.82, 2.24) is 14.7 Å². The van der Waals surface area contributed by atoms with E-state index in [9.17, 15) is 9.59 Å². The Balaban J connectivity index is 1.81. The van der Waals surface area contributed by atoms with Gasteiger partial charge in [-0.15, -0.1) is 0 Å². The predicted octanol–water partition coefficient (Wildman–Crippen LogP) is 4.39. The molecule has 3 amide bonds. The van der Waals surface area contributed by atoms with E-state index in [4.69, 9.17) is 0 Å². The number of nitrogens with one attached hydrogen (secondary N) is 1. The van der Waals surface area contributed by atoms with Crippen molar-refractivity contribution < 1.29 is 9.59 Å². The molecule has 0 aliphatic carbocycles. The topological polar surface area (TPSA) is 55.9 Å². The van der Waals surface area contributed by atoms with Crippen LogP contribution in [0, 0.1) is 0 Å². The first-order chi connectivity index (χ1) is 14.4. The minimum Gasteiger partial charge on any atom is -0.340 e. The van der Waals surface area contributed by atoms with E-state index in [0.717, 1.165) is 38.0 Å². The molecule has 0 saturated carbocycles. The van der Waals surface area contributed by atoms with Gasteiger partial charge in [0.1, 0.15) is 0 Å². The first kappa shape index (κ1) is 24.2. The van der Waals surface area contributed by atoms with Crippen molar-refractivity contribution >= 4 is 17.6 Å². The fourth-order valence-corrected chi connectivity index (χ4v) is 3.74. The molecule has 1 fully saturated rings. The van der Waals surface area contributed by atoms with Crippen LogP contribution in [0.3, 0.4) is 0 Å². The summed E-state index contributed by atoms with van der Waals surface area (Å²) in [6.45, 7) is 10.5. The molecule has 1 aliphatic heterocycles. The molecular formula is C24H40N4O2. The van der Waals surface area contributed by atoms with Gasteiger partial charge in [0.05, 0.1) is 6.54 Å². The molecule has 1 aromatic rings. The summed E-state index contributed by atoms with van der Waals surface area (Å²) in [4.78, 5) is 31.2. The molecule has 2 rings (SSSR count). The Morgan fingerprint density at radius 1 is 1.03 bits per heavy atom. The van der Waals surface area contributed by atoms with Crippen molar-refractivity contribution in [3.63, 3.8) is 0 Å². The lowest BCUT2D eigenvalue weighted by Gasteiger charge is -2.25. The molecule has 1 atom stereocenters. The fraction of sp³-hybridized carbons (Fsp3) is 0.667. The highest BCUT2D eigenvalue weighted by molar-refractivity contribution is 5.89. The number of hydrogen-bond acceptors (Lipinski definition) is 3. The highest BCUT2D eigenvalue weighted by Gasteiger charge is 2.22. The van der Waals surface area contributed by atoms with Crippen molar-refractivity contribution in [2.45, 2.75) is 58.8 Å². The Hall–Kier alpha value is -2.08. The van der Waals surface area contributed by atoms with Crippen LogP contribution in [0.4, 0.5) is 10.5 Å². The van der Waals surface area contributed by atoms with Gasteiger partial charge in [-0.3, -0.25) is 9.69 Å². The number of anilines is 1. The Bertz CT molecular complexity index is 662. The first-order valence-corrected chi connectivity index (χ1v) is 11.6. The minimum atomic E-state index is -0.0859. The molecule has 1 saturated heterocycles. The van der Waals surface area contributed by atoms with Crippen LogP contribution in [0.1, 0.15) is 64.4 Å². The Morgan fingerprint density at radius 2 is 1.70 bits per heavy atom. The third-order valence-corrected chi connectivity index (χ3v) is 6.03. The zero-order valence-corrected chi connectivity index (χ0v) is 19.3. The highest BCUT2D eigenvalue weighted by Crippen LogP contribution is 2.20. The van der Waals surface area contributed by atoms with Gasteiger partial charge in [0.25, 0.3) is 0 Å². The zero-order valence-electron chi connectivity index (χ0n) is 19.3. The number of carbonyl (C=O) groups excluding carboxylic acids is 2. The standard InChI is InChI=1S/C24H40N4O2/c1-5-7-8-14-26(4)19-23(29)27-15-9-16-28(18-17-27)24(30)25-22-12-10-21(11-13-22)20(3)6-2/h10-13,20H,5-9,14-19H2,1-4H3,(H,25,30). The summed E-state index contributed by atoms with van der Waals surface area (Å²) < 4.78 is 0. The van der Waals surface area contributed by atoms with Gasteiger partial charge in [-0.05, 0) is 56.5 Å². The first-order valence-electron chi connectivity index (χ1n) is 11.6. The number of nitrogens with zero attached hydrogens (tertiary/aromatic N) is 3. The van der Waals surface area contributed by atoms with E-state index in [1.165, 1.54) is 18.4 Å². The smallest absolute Gasteiger partial charge is 0.321 e. The second kappa shape index (κ2) is 12.6. The Kier molecular flexibility index (Phi) is 10.1. The van der Waals surface area contributed by atoms with Crippen LogP contribution < -0.4 is 5.32 Å². The van der Waals surface area contributed by atoms with Crippen LogP contribution in [-0.4, -0.2) is 73.0 Å². The summed E-state index contributed by atoms with van der Waals surface area (Å²) in [7, 11) is 2.01. The lowest BCUT2D eigenvalue weighted by molar-refractivity contribution is -0.132. The third-order valence-electron chi connectivity index (χ3n) is 6.03. The maximum Gasteiger partial charge on any atom is 0.321 e. The number of carbonyl (C=O) groups is 2. The number of unbranched alkanes of at least 4 members (excludes halogenated alkanes) is 2. The summed E-state index contributed by atoms with van der Waals surface area (Å²) in [6.07, 6.45) is 5.43. The average molecular weight is 417 g/mol. The van der Waals surface area contributed by atoms with E-state index < -0.39 is 0 Å². The zero-order chi connectivity index (χ0) is 21.9. The van der Waals surface area contributed by atoms with E-state index in [0.29, 0.717) is 32.1 Å². The third kappa shape index (κ3) is 7.63. The van der Waals surface area contributed by atoms with Crippen LogP contribution >= 0.6 is 0 Å². The number of benzene rings is 1. The van der Waals surface area contributed by atoms with Crippen LogP contribution in [-0.2, 0) is 4.79 Å². The summed E-state index contributed by atoms with van der Waals surface area (Å²) in [6, 6.07) is 8.04. The summed E-state index contributed by atoms with van der Waals surface area (Å²) in [5.74, 6) is 0.687. The lowest BCUT2D eigenvalue weighted by atomic mass is 9.99. The quantitative estimate of drug-likeness (QED) is 0.608. The van der Waals surface area contributed by atoms with Gasteiger partial charge in [0.15, 0.2) is 0 Å². The SMILES string of the molecule is CCCCCN(C)CC(=O)N1CCCN(C(=O)Nc2ccc(C(C)CC)cc2)CC1. The minimum absolute atomic E-state index is 0.0859. The van der Waals surface area contributed by atoms with Crippen LogP contribution in [0.5, 0.6) is 0 Å². The average Bonchev–Trinajstić information content (AvgIpc) is 3.00. The maximum atomic E-state index is 12.7. The fourth-order valence-electron chi connectivity index (χ4n) is 3.74. The molecule has 30 heavy (non-hydrogen) atoms. The monoisotopic (exact) mass is 416 g/mol. The number of hydrogen-bond donors (Lipinski definition) is 1. The molecule has 0 aromatic heterocycles.